The summed E-state index contributed by atoms with van der Waals surface area (Å²) in [5.41, 5.74) is 5.14. The average molecular weight is 307 g/mol. The smallest absolute Gasteiger partial charge is 0.242 e. The summed E-state index contributed by atoms with van der Waals surface area (Å²) in [5.74, 6) is -0.702. The Morgan fingerprint density at radius 2 is 2.15 bits per heavy atom. The van der Waals surface area contributed by atoms with Crippen LogP contribution in [0.5, 0.6) is 0 Å². The number of carbonyl (C=O) groups excluding carboxylic acids is 2. The largest absolute Gasteiger partial charge is 0.383 e. The number of nitrogens with zero attached hydrogens (tertiary/aromatic N) is 1. The van der Waals surface area contributed by atoms with Crippen LogP contribution in [-0.2, 0) is 24.2 Å². The maximum atomic E-state index is 12.1. The van der Waals surface area contributed by atoms with Crippen LogP contribution in [0.2, 0.25) is 0 Å². The summed E-state index contributed by atoms with van der Waals surface area (Å²) < 4.78 is 27.9. The number of rotatable bonds is 7. The molecule has 8 nitrogen and oxygen atoms in total. The first-order chi connectivity index (χ1) is 9.39. The van der Waals surface area contributed by atoms with E-state index in [4.69, 9.17) is 10.5 Å². The fraction of sp³-hybridized carbons (Fsp3) is 0.818. The number of amides is 2. The molecule has 1 rings (SSSR count). The summed E-state index contributed by atoms with van der Waals surface area (Å²) in [5, 5.41) is 2.39. The normalized spacial score (nSPS) is 20.6. The Bertz CT molecular complexity index is 451. The summed E-state index contributed by atoms with van der Waals surface area (Å²) >= 11 is 0. The van der Waals surface area contributed by atoms with E-state index in [0.29, 0.717) is 19.6 Å². The van der Waals surface area contributed by atoms with Crippen molar-refractivity contribution in [3.63, 3.8) is 0 Å². The van der Waals surface area contributed by atoms with Gasteiger partial charge in [0.2, 0.25) is 11.8 Å². The third-order valence-corrected chi connectivity index (χ3v) is 4.88. The molecule has 0 saturated carbocycles. The Morgan fingerprint density at radius 1 is 1.45 bits per heavy atom. The van der Waals surface area contributed by atoms with E-state index in [-0.39, 0.29) is 36.5 Å². The van der Waals surface area contributed by atoms with Gasteiger partial charge < -0.3 is 20.7 Å². The van der Waals surface area contributed by atoms with Crippen LogP contribution in [0.1, 0.15) is 6.42 Å². The molecule has 1 unspecified atom stereocenters. The fourth-order valence-electron chi connectivity index (χ4n) is 2.07. The van der Waals surface area contributed by atoms with Gasteiger partial charge in [0.1, 0.15) is 0 Å². The molecule has 116 valence electrons. The van der Waals surface area contributed by atoms with Crippen molar-refractivity contribution < 1.29 is 22.7 Å². The summed E-state index contributed by atoms with van der Waals surface area (Å²) in [4.78, 5) is 24.6. The molecule has 0 aromatic heterocycles. The molecule has 2 amide bonds. The second-order valence-corrected chi connectivity index (χ2v) is 6.85. The number of methoxy groups -OCH3 is 1. The second kappa shape index (κ2) is 7.55. The molecule has 0 spiro atoms. The van der Waals surface area contributed by atoms with Gasteiger partial charge in [0.15, 0.2) is 9.84 Å². The predicted octanol–water partition coefficient (Wildman–Crippen LogP) is -2.28. The summed E-state index contributed by atoms with van der Waals surface area (Å²) in [6.07, 6.45) is 0.419. The van der Waals surface area contributed by atoms with Crippen LogP contribution in [0.3, 0.4) is 0 Å². The predicted molar refractivity (Wildman–Crippen MR) is 72.7 cm³/mol. The Kier molecular flexibility index (Phi) is 6.37. The van der Waals surface area contributed by atoms with Crippen LogP contribution in [0.25, 0.3) is 0 Å². The van der Waals surface area contributed by atoms with Gasteiger partial charge in [-0.3, -0.25) is 9.59 Å². The molecule has 1 atom stereocenters. The molecule has 0 aliphatic carbocycles. The fourth-order valence-corrected chi connectivity index (χ4v) is 3.80. The minimum absolute atomic E-state index is 0.0344. The Hall–Kier alpha value is -1.19. The average Bonchev–Trinajstić information content (AvgIpc) is 2.76. The molecule has 1 saturated heterocycles. The number of nitrogens with one attached hydrogen (secondary N) is 1. The van der Waals surface area contributed by atoms with Crippen molar-refractivity contribution in [1.29, 1.82) is 0 Å². The van der Waals surface area contributed by atoms with Gasteiger partial charge in [0.05, 0.1) is 31.2 Å². The number of sulfone groups is 1. The quantitative estimate of drug-likeness (QED) is 0.547. The summed E-state index contributed by atoms with van der Waals surface area (Å²) in [6.45, 7) is 0.237. The number of nitrogens with two attached hydrogens (primary N) is 1. The molecule has 1 fully saturated rings. The molecule has 1 heterocycles. The minimum atomic E-state index is -3.08. The van der Waals surface area contributed by atoms with E-state index in [2.05, 4.69) is 5.32 Å². The molecule has 3 N–H and O–H groups in total. The highest BCUT2D eigenvalue weighted by molar-refractivity contribution is 7.91. The molecule has 20 heavy (non-hydrogen) atoms. The van der Waals surface area contributed by atoms with Crippen LogP contribution in [0.4, 0.5) is 0 Å². The van der Waals surface area contributed by atoms with Crippen molar-refractivity contribution >= 4 is 21.7 Å². The zero-order valence-electron chi connectivity index (χ0n) is 11.5. The van der Waals surface area contributed by atoms with Gasteiger partial charge in [-0.2, -0.15) is 0 Å². The Morgan fingerprint density at radius 3 is 2.65 bits per heavy atom. The third-order valence-electron chi connectivity index (χ3n) is 3.13. The van der Waals surface area contributed by atoms with E-state index >= 15 is 0 Å². The van der Waals surface area contributed by atoms with Gasteiger partial charge in [0.25, 0.3) is 0 Å². The number of ether oxygens (including phenoxy) is 1. The number of hydrogen-bond acceptors (Lipinski definition) is 6. The molecule has 0 aromatic carbocycles. The van der Waals surface area contributed by atoms with Gasteiger partial charge >= 0.3 is 0 Å². The lowest BCUT2D eigenvalue weighted by molar-refractivity contribution is -0.134. The second-order valence-electron chi connectivity index (χ2n) is 4.62. The van der Waals surface area contributed by atoms with E-state index in [1.165, 1.54) is 12.0 Å². The standard InChI is InChI=1S/C11H21N3O5S/c1-19-4-3-14(9-2-5-20(17,18)8-9)11(16)7-13-10(15)6-12/h9H,2-8,12H2,1H3,(H,13,15). The Balaban J connectivity index is 2.63. The van der Waals surface area contributed by atoms with Crippen molar-refractivity contribution in [3.8, 4) is 0 Å². The van der Waals surface area contributed by atoms with Crippen molar-refractivity contribution in [3.05, 3.63) is 0 Å². The highest BCUT2D eigenvalue weighted by atomic mass is 32.2. The zero-order chi connectivity index (χ0) is 15.2. The highest BCUT2D eigenvalue weighted by Crippen LogP contribution is 2.17. The molecular weight excluding hydrogens is 286 g/mol. The van der Waals surface area contributed by atoms with Crippen molar-refractivity contribution in [2.75, 3.05) is 44.9 Å². The lowest BCUT2D eigenvalue weighted by atomic mass is 10.2. The van der Waals surface area contributed by atoms with Crippen LogP contribution in [-0.4, -0.2) is 76.0 Å². The van der Waals surface area contributed by atoms with Crippen molar-refractivity contribution in [2.24, 2.45) is 5.73 Å². The number of hydrogen-bond donors (Lipinski definition) is 2. The highest BCUT2D eigenvalue weighted by Gasteiger charge is 2.34. The van der Waals surface area contributed by atoms with Gasteiger partial charge in [-0.15, -0.1) is 0 Å². The van der Waals surface area contributed by atoms with E-state index in [9.17, 15) is 18.0 Å². The number of carbonyl (C=O) groups is 2. The maximum Gasteiger partial charge on any atom is 0.242 e. The van der Waals surface area contributed by atoms with E-state index < -0.39 is 15.7 Å². The van der Waals surface area contributed by atoms with Gasteiger partial charge in [0, 0.05) is 19.7 Å². The Labute approximate surface area is 118 Å². The lowest BCUT2D eigenvalue weighted by Crippen LogP contribution is -2.48. The summed E-state index contributed by atoms with van der Waals surface area (Å²) in [7, 11) is -1.57. The van der Waals surface area contributed by atoms with E-state index in [1.807, 2.05) is 0 Å². The van der Waals surface area contributed by atoms with Gasteiger partial charge in [-0.25, -0.2) is 8.42 Å². The maximum absolute atomic E-state index is 12.1. The topological polar surface area (TPSA) is 119 Å². The van der Waals surface area contributed by atoms with E-state index in [1.54, 1.807) is 0 Å². The zero-order valence-corrected chi connectivity index (χ0v) is 12.3. The molecule has 0 bridgehead atoms. The first-order valence-corrected chi connectivity index (χ1v) is 8.17. The molecule has 1 aliphatic rings. The lowest BCUT2D eigenvalue weighted by Gasteiger charge is -2.28. The van der Waals surface area contributed by atoms with Crippen LogP contribution in [0, 0.1) is 0 Å². The molecule has 9 heteroatoms. The van der Waals surface area contributed by atoms with Crippen molar-refractivity contribution in [1.82, 2.24) is 10.2 Å². The SMILES string of the molecule is COCCN(C(=O)CNC(=O)CN)C1CCS(=O)(=O)C1. The van der Waals surface area contributed by atoms with Gasteiger partial charge in [-0.05, 0) is 6.42 Å². The van der Waals surface area contributed by atoms with E-state index in [0.717, 1.165) is 0 Å². The molecule has 0 radical (unpaired) electrons. The van der Waals surface area contributed by atoms with Crippen molar-refractivity contribution in [2.45, 2.75) is 12.5 Å². The first-order valence-electron chi connectivity index (χ1n) is 6.35. The minimum Gasteiger partial charge on any atom is -0.383 e. The monoisotopic (exact) mass is 307 g/mol. The van der Waals surface area contributed by atoms with Crippen LogP contribution >= 0.6 is 0 Å². The van der Waals surface area contributed by atoms with Gasteiger partial charge in [-0.1, -0.05) is 0 Å². The molecule has 0 aromatic rings. The van der Waals surface area contributed by atoms with Crippen LogP contribution < -0.4 is 11.1 Å². The van der Waals surface area contributed by atoms with Crippen LogP contribution in [0.15, 0.2) is 0 Å². The molecule has 1 aliphatic heterocycles. The summed E-state index contributed by atoms with van der Waals surface area (Å²) in [6, 6.07) is -0.350. The molecular formula is C11H21N3O5S. The first kappa shape index (κ1) is 16.9. The third kappa shape index (κ3) is 5.06.